The predicted octanol–water partition coefficient (Wildman–Crippen LogP) is 3.51. The first kappa shape index (κ1) is 29.0. The van der Waals surface area contributed by atoms with E-state index in [0.29, 0.717) is 16.8 Å². The summed E-state index contributed by atoms with van der Waals surface area (Å²) in [6, 6.07) is 9.03. The zero-order valence-corrected chi connectivity index (χ0v) is 20.2. The highest BCUT2D eigenvalue weighted by atomic mass is 16.6. The molecule has 0 spiro atoms. The molecule has 35 heavy (non-hydrogen) atoms. The number of alkyl carbamates (subject to hydrolysis) is 2. The Balaban J connectivity index is 2.46. The monoisotopic (exact) mass is 487 g/mol. The Morgan fingerprint density at radius 2 is 1.29 bits per heavy atom. The molecule has 1 rings (SSSR count). The van der Waals surface area contributed by atoms with Gasteiger partial charge >= 0.3 is 12.2 Å². The van der Waals surface area contributed by atoms with E-state index in [2.05, 4.69) is 34.1 Å². The molecule has 0 aliphatic rings. The molecule has 0 aliphatic heterocycles. The van der Waals surface area contributed by atoms with Crippen molar-refractivity contribution in [1.82, 2.24) is 15.6 Å². The third kappa shape index (κ3) is 14.0. The molecular weight excluding hydrogens is 454 g/mol. The maximum absolute atomic E-state index is 11.8. The van der Waals surface area contributed by atoms with Crippen molar-refractivity contribution in [3.8, 4) is 0 Å². The summed E-state index contributed by atoms with van der Waals surface area (Å²) in [5.41, 5.74) is 1.48. The summed E-state index contributed by atoms with van der Waals surface area (Å²) < 4.78 is 10.2. The second kappa shape index (κ2) is 16.6. The molecule has 11 heteroatoms. The van der Waals surface area contributed by atoms with Crippen LogP contribution in [0.3, 0.4) is 0 Å². The molecule has 1 aromatic carbocycles. The number of carbonyl (C=O) groups is 4. The van der Waals surface area contributed by atoms with Crippen molar-refractivity contribution in [3.05, 3.63) is 54.6 Å². The quantitative estimate of drug-likeness (QED) is 0.207. The van der Waals surface area contributed by atoms with Crippen LogP contribution in [0.25, 0.3) is 0 Å². The third-order valence-corrected chi connectivity index (χ3v) is 4.40. The van der Waals surface area contributed by atoms with E-state index in [1.807, 2.05) is 18.2 Å². The smallest absolute Gasteiger partial charge is 0.407 e. The van der Waals surface area contributed by atoms with Gasteiger partial charge in [0.25, 0.3) is 0 Å². The van der Waals surface area contributed by atoms with Gasteiger partial charge in [0.1, 0.15) is 13.2 Å². The van der Waals surface area contributed by atoms with Gasteiger partial charge in [0.2, 0.25) is 0 Å². The Bertz CT molecular complexity index is 866. The normalized spacial score (nSPS) is 10.3. The topological polar surface area (TPSA) is 139 Å². The fourth-order valence-electron chi connectivity index (χ4n) is 2.38. The number of ketones is 2. The molecule has 0 aromatic heterocycles. The first-order chi connectivity index (χ1) is 16.7. The van der Waals surface area contributed by atoms with Crippen LogP contribution in [-0.4, -0.2) is 68.2 Å². The van der Waals surface area contributed by atoms with E-state index in [9.17, 15) is 19.2 Å². The Labute approximate surface area is 205 Å². The summed E-state index contributed by atoms with van der Waals surface area (Å²) in [5.74, 6) is -0.270. The van der Waals surface area contributed by atoms with E-state index in [-0.39, 0.29) is 63.8 Å². The van der Waals surface area contributed by atoms with E-state index >= 15 is 0 Å². The number of Topliss-reactive ketones (excluding diaryl/α,β-unsaturated/α-hetero) is 2. The van der Waals surface area contributed by atoms with Crippen molar-refractivity contribution < 1.29 is 28.7 Å². The highest BCUT2D eigenvalue weighted by molar-refractivity contribution is 5.94. The number of hydrogen-bond donors (Lipinski definition) is 2. The van der Waals surface area contributed by atoms with Gasteiger partial charge in [-0.2, -0.15) is 0 Å². The minimum absolute atomic E-state index is 0.0106. The lowest BCUT2D eigenvalue weighted by Gasteiger charge is -2.17. The van der Waals surface area contributed by atoms with Gasteiger partial charge in [-0.1, -0.05) is 36.6 Å². The molecule has 0 saturated carbocycles. The maximum Gasteiger partial charge on any atom is 0.407 e. The van der Waals surface area contributed by atoms with Gasteiger partial charge in [-0.15, -0.1) is 5.11 Å². The van der Waals surface area contributed by atoms with Gasteiger partial charge in [0.05, 0.1) is 18.8 Å². The standard InChI is InChI=1S/C24H33N5O6/c1-18(2)21(30)10-12-25-23(32)34-16-14-29(28-27-20-8-6-5-7-9-20)15-17-35-24(33)26-13-11-22(31)19(3)4/h5-9H,1,3,10-17H2,2,4H3,(H,25,32)(H,26,33). The Morgan fingerprint density at radius 3 is 1.71 bits per heavy atom. The van der Waals surface area contributed by atoms with Crippen molar-refractivity contribution in [2.75, 3.05) is 39.4 Å². The largest absolute Gasteiger partial charge is 0.448 e. The second-order valence-corrected chi connectivity index (χ2v) is 7.51. The lowest BCUT2D eigenvalue weighted by Crippen LogP contribution is -2.33. The van der Waals surface area contributed by atoms with Crippen LogP contribution < -0.4 is 10.6 Å². The number of nitrogens with zero attached hydrogens (tertiary/aromatic N) is 3. The summed E-state index contributed by atoms with van der Waals surface area (Å²) in [5, 5.41) is 14.7. The van der Waals surface area contributed by atoms with Crippen molar-refractivity contribution in [2.45, 2.75) is 26.7 Å². The first-order valence-electron chi connectivity index (χ1n) is 11.1. The molecule has 1 aromatic rings. The number of amides is 2. The van der Waals surface area contributed by atoms with Crippen LogP contribution in [0.5, 0.6) is 0 Å². The van der Waals surface area contributed by atoms with Crippen molar-refractivity contribution >= 4 is 29.4 Å². The van der Waals surface area contributed by atoms with E-state index < -0.39 is 12.2 Å². The molecule has 0 bridgehead atoms. The van der Waals surface area contributed by atoms with Gasteiger partial charge in [-0.05, 0) is 37.1 Å². The highest BCUT2D eigenvalue weighted by Crippen LogP contribution is 2.11. The Morgan fingerprint density at radius 1 is 0.829 bits per heavy atom. The summed E-state index contributed by atoms with van der Waals surface area (Å²) in [6.45, 7) is 11.0. The van der Waals surface area contributed by atoms with Crippen LogP contribution in [0, 0.1) is 0 Å². The maximum atomic E-state index is 11.8. The van der Waals surface area contributed by atoms with Gasteiger partial charge in [0.15, 0.2) is 11.6 Å². The average molecular weight is 488 g/mol. The van der Waals surface area contributed by atoms with Crippen molar-refractivity contribution in [2.24, 2.45) is 10.3 Å². The lowest BCUT2D eigenvalue weighted by atomic mass is 10.2. The van der Waals surface area contributed by atoms with Crippen LogP contribution in [0.15, 0.2) is 65.0 Å². The molecule has 0 atom stereocenters. The molecule has 0 aliphatic carbocycles. The number of benzene rings is 1. The van der Waals surface area contributed by atoms with E-state index in [4.69, 9.17) is 9.47 Å². The molecule has 0 unspecified atom stereocenters. The summed E-state index contributed by atoms with van der Waals surface area (Å²) in [7, 11) is 0. The molecule has 2 amide bonds. The predicted molar refractivity (Wildman–Crippen MR) is 130 cm³/mol. The van der Waals surface area contributed by atoms with E-state index in [0.717, 1.165) is 0 Å². The molecule has 190 valence electrons. The number of carbonyl (C=O) groups excluding carboxylic acids is 4. The number of nitrogens with one attached hydrogen (secondary N) is 2. The highest BCUT2D eigenvalue weighted by Gasteiger charge is 2.10. The molecule has 0 heterocycles. The number of rotatable bonds is 16. The third-order valence-electron chi connectivity index (χ3n) is 4.40. The number of ether oxygens (including phenoxy) is 2. The average Bonchev–Trinajstić information content (AvgIpc) is 2.82. The molecule has 2 N–H and O–H groups in total. The summed E-state index contributed by atoms with van der Waals surface area (Å²) >= 11 is 0. The molecule has 0 saturated heterocycles. The van der Waals surface area contributed by atoms with Crippen LogP contribution in [0.1, 0.15) is 26.7 Å². The first-order valence-corrected chi connectivity index (χ1v) is 11.1. The minimum Gasteiger partial charge on any atom is -0.448 e. The summed E-state index contributed by atoms with van der Waals surface area (Å²) in [6.07, 6.45) is -1.05. The fraction of sp³-hybridized carbons (Fsp3) is 0.417. The summed E-state index contributed by atoms with van der Waals surface area (Å²) in [4.78, 5) is 46.6. The number of hydrogen-bond acceptors (Lipinski definition) is 8. The lowest BCUT2D eigenvalue weighted by molar-refractivity contribution is -0.116. The van der Waals surface area contributed by atoms with Crippen molar-refractivity contribution in [3.63, 3.8) is 0 Å². The zero-order valence-electron chi connectivity index (χ0n) is 20.2. The van der Waals surface area contributed by atoms with Crippen LogP contribution in [-0.2, 0) is 19.1 Å². The van der Waals surface area contributed by atoms with Gasteiger partial charge in [-0.25, -0.2) is 9.59 Å². The van der Waals surface area contributed by atoms with E-state index in [1.54, 1.807) is 26.0 Å². The zero-order chi connectivity index (χ0) is 26.1. The van der Waals surface area contributed by atoms with Crippen LogP contribution in [0.4, 0.5) is 15.3 Å². The number of allylic oxidation sites excluding steroid dienone is 2. The van der Waals surface area contributed by atoms with Crippen molar-refractivity contribution in [1.29, 1.82) is 0 Å². The van der Waals surface area contributed by atoms with Gasteiger partial charge in [0, 0.05) is 25.9 Å². The van der Waals surface area contributed by atoms with Crippen LogP contribution >= 0.6 is 0 Å². The molecule has 0 radical (unpaired) electrons. The van der Waals surface area contributed by atoms with Gasteiger partial charge < -0.3 is 20.1 Å². The fourth-order valence-corrected chi connectivity index (χ4v) is 2.38. The Kier molecular flexibility index (Phi) is 13.7. The molecule has 11 nitrogen and oxygen atoms in total. The Hall–Kier alpha value is -4.02. The molecular formula is C24H33N5O6. The van der Waals surface area contributed by atoms with Gasteiger partial charge in [-0.3, -0.25) is 14.6 Å². The minimum atomic E-state index is -0.667. The second-order valence-electron chi connectivity index (χ2n) is 7.51. The SMILES string of the molecule is C=C(C)C(=O)CCNC(=O)OCCN(CCOC(=O)NCCC(=O)C(=C)C)N=Nc1ccccc1. The molecule has 0 fully saturated rings. The van der Waals surface area contributed by atoms with Crippen LogP contribution in [0.2, 0.25) is 0 Å². The van der Waals surface area contributed by atoms with E-state index in [1.165, 1.54) is 5.01 Å².